The Bertz CT molecular complexity index is 417. The molecule has 1 aromatic rings. The Morgan fingerprint density at radius 1 is 1.41 bits per heavy atom. The summed E-state index contributed by atoms with van der Waals surface area (Å²) in [5.74, 6) is 0.0436. The number of anilines is 1. The van der Waals surface area contributed by atoms with Crippen molar-refractivity contribution in [2.24, 2.45) is 5.73 Å². The van der Waals surface area contributed by atoms with Crippen LogP contribution in [-0.4, -0.2) is 19.0 Å². The zero-order valence-corrected chi connectivity index (χ0v) is 10.1. The summed E-state index contributed by atoms with van der Waals surface area (Å²) in [5, 5.41) is 6.21. The first-order valence-electron chi connectivity index (χ1n) is 6.08. The molecule has 1 aromatic carbocycles. The van der Waals surface area contributed by atoms with Gasteiger partial charge in [-0.05, 0) is 38.4 Å². The van der Waals surface area contributed by atoms with Crippen LogP contribution >= 0.6 is 0 Å². The Morgan fingerprint density at radius 3 is 3.00 bits per heavy atom. The van der Waals surface area contributed by atoms with E-state index in [1.807, 2.05) is 25.1 Å². The summed E-state index contributed by atoms with van der Waals surface area (Å²) in [5.41, 5.74) is 8.58. The van der Waals surface area contributed by atoms with Gasteiger partial charge in [0.25, 0.3) is 0 Å². The van der Waals surface area contributed by atoms with E-state index >= 15 is 0 Å². The van der Waals surface area contributed by atoms with E-state index in [0.717, 1.165) is 36.2 Å². The number of unbranched alkanes of at least 4 members (excludes halogenated alkanes) is 1. The minimum atomic E-state index is -0.206. The van der Waals surface area contributed by atoms with Gasteiger partial charge in [-0.15, -0.1) is 0 Å². The van der Waals surface area contributed by atoms with Gasteiger partial charge in [-0.3, -0.25) is 4.79 Å². The molecule has 0 aliphatic carbocycles. The molecule has 0 spiro atoms. The molecular formula is C13H19N3O. The van der Waals surface area contributed by atoms with Crippen LogP contribution in [0.1, 0.15) is 30.0 Å². The van der Waals surface area contributed by atoms with E-state index in [0.29, 0.717) is 6.54 Å². The molecule has 4 nitrogen and oxygen atoms in total. The monoisotopic (exact) mass is 233 g/mol. The van der Waals surface area contributed by atoms with E-state index in [1.165, 1.54) is 0 Å². The molecule has 1 heterocycles. The number of rotatable bonds is 5. The van der Waals surface area contributed by atoms with Gasteiger partial charge in [0.2, 0.25) is 5.91 Å². The SMILES string of the molecule is Cc1cccc2c1NC(=O)C2NCCCCN. The van der Waals surface area contributed by atoms with Gasteiger partial charge in [0, 0.05) is 11.3 Å². The molecule has 4 heteroatoms. The van der Waals surface area contributed by atoms with Gasteiger partial charge >= 0.3 is 0 Å². The van der Waals surface area contributed by atoms with Crippen LogP contribution in [-0.2, 0) is 4.79 Å². The average molecular weight is 233 g/mol. The zero-order chi connectivity index (χ0) is 12.3. The third-order valence-corrected chi connectivity index (χ3v) is 3.11. The van der Waals surface area contributed by atoms with E-state index < -0.39 is 0 Å². The van der Waals surface area contributed by atoms with Crippen LogP contribution in [0.5, 0.6) is 0 Å². The highest BCUT2D eigenvalue weighted by Crippen LogP contribution is 2.33. The number of hydrogen-bond acceptors (Lipinski definition) is 3. The lowest BCUT2D eigenvalue weighted by Gasteiger charge is -2.11. The fraction of sp³-hybridized carbons (Fsp3) is 0.462. The van der Waals surface area contributed by atoms with Crippen molar-refractivity contribution in [1.29, 1.82) is 0 Å². The van der Waals surface area contributed by atoms with Gasteiger partial charge in [-0.1, -0.05) is 18.2 Å². The fourth-order valence-electron chi connectivity index (χ4n) is 2.16. The molecule has 17 heavy (non-hydrogen) atoms. The molecule has 2 rings (SSSR count). The Hall–Kier alpha value is -1.39. The van der Waals surface area contributed by atoms with Crippen molar-refractivity contribution in [2.75, 3.05) is 18.4 Å². The molecule has 92 valence electrons. The summed E-state index contributed by atoms with van der Waals surface area (Å²) in [6.07, 6.45) is 1.99. The molecule has 1 atom stereocenters. The smallest absolute Gasteiger partial charge is 0.246 e. The number of carbonyl (C=O) groups is 1. The van der Waals surface area contributed by atoms with Crippen LogP contribution in [0.2, 0.25) is 0 Å². The molecule has 1 unspecified atom stereocenters. The van der Waals surface area contributed by atoms with E-state index in [4.69, 9.17) is 5.73 Å². The number of fused-ring (bicyclic) bond motifs is 1. The number of aryl methyl sites for hydroxylation is 1. The first kappa shape index (κ1) is 12.1. The number of carbonyl (C=O) groups excluding carboxylic acids is 1. The fourth-order valence-corrected chi connectivity index (χ4v) is 2.16. The van der Waals surface area contributed by atoms with Crippen LogP contribution in [0.15, 0.2) is 18.2 Å². The highest BCUT2D eigenvalue weighted by molar-refractivity contribution is 6.03. The van der Waals surface area contributed by atoms with E-state index in [1.54, 1.807) is 0 Å². The van der Waals surface area contributed by atoms with Crippen LogP contribution < -0.4 is 16.4 Å². The second-order valence-corrected chi connectivity index (χ2v) is 4.41. The van der Waals surface area contributed by atoms with Crippen molar-refractivity contribution in [3.8, 4) is 0 Å². The topological polar surface area (TPSA) is 67.2 Å². The Morgan fingerprint density at radius 2 is 2.24 bits per heavy atom. The summed E-state index contributed by atoms with van der Waals surface area (Å²) >= 11 is 0. The molecule has 0 radical (unpaired) electrons. The molecule has 0 fully saturated rings. The zero-order valence-electron chi connectivity index (χ0n) is 10.1. The highest BCUT2D eigenvalue weighted by atomic mass is 16.2. The second-order valence-electron chi connectivity index (χ2n) is 4.41. The van der Waals surface area contributed by atoms with Gasteiger partial charge in [0.15, 0.2) is 0 Å². The number of benzene rings is 1. The lowest BCUT2D eigenvalue weighted by Crippen LogP contribution is -2.28. The van der Waals surface area contributed by atoms with Gasteiger partial charge < -0.3 is 16.4 Å². The molecule has 0 saturated heterocycles. The highest BCUT2D eigenvalue weighted by Gasteiger charge is 2.30. The molecule has 0 aromatic heterocycles. The summed E-state index contributed by atoms with van der Waals surface area (Å²) < 4.78 is 0. The first-order chi connectivity index (χ1) is 8.24. The van der Waals surface area contributed by atoms with E-state index in [-0.39, 0.29) is 11.9 Å². The van der Waals surface area contributed by atoms with Gasteiger partial charge in [-0.2, -0.15) is 0 Å². The quantitative estimate of drug-likeness (QED) is 0.672. The number of amides is 1. The minimum absolute atomic E-state index is 0.0436. The van der Waals surface area contributed by atoms with Crippen LogP contribution in [0.3, 0.4) is 0 Å². The van der Waals surface area contributed by atoms with Crippen molar-refractivity contribution in [1.82, 2.24) is 5.32 Å². The molecule has 1 aliphatic heterocycles. The van der Waals surface area contributed by atoms with Crippen molar-refractivity contribution in [2.45, 2.75) is 25.8 Å². The van der Waals surface area contributed by atoms with E-state index in [9.17, 15) is 4.79 Å². The lowest BCUT2D eigenvalue weighted by molar-refractivity contribution is -0.117. The summed E-state index contributed by atoms with van der Waals surface area (Å²) in [6, 6.07) is 5.79. The predicted octanol–water partition coefficient (Wildman–Crippen LogP) is 1.32. The molecular weight excluding hydrogens is 214 g/mol. The normalized spacial score (nSPS) is 18.0. The molecule has 4 N–H and O–H groups in total. The number of nitrogens with two attached hydrogens (primary N) is 1. The van der Waals surface area contributed by atoms with Crippen LogP contribution in [0.25, 0.3) is 0 Å². The summed E-state index contributed by atoms with van der Waals surface area (Å²) in [4.78, 5) is 11.8. The number of hydrogen-bond donors (Lipinski definition) is 3. The van der Waals surface area contributed by atoms with Crippen molar-refractivity contribution < 1.29 is 4.79 Å². The Kier molecular flexibility index (Phi) is 3.76. The standard InChI is InChI=1S/C13H19N3O/c1-9-5-4-6-10-11(9)16-13(17)12(10)15-8-3-2-7-14/h4-6,12,15H,2-3,7-8,14H2,1H3,(H,16,17). The summed E-state index contributed by atoms with van der Waals surface area (Å²) in [6.45, 7) is 3.53. The van der Waals surface area contributed by atoms with Gasteiger partial charge in [-0.25, -0.2) is 0 Å². The van der Waals surface area contributed by atoms with Crippen molar-refractivity contribution in [3.05, 3.63) is 29.3 Å². The Labute approximate surface area is 102 Å². The second kappa shape index (κ2) is 5.29. The maximum Gasteiger partial charge on any atom is 0.246 e. The average Bonchev–Trinajstić information content (AvgIpc) is 2.63. The molecule has 0 bridgehead atoms. The van der Waals surface area contributed by atoms with Crippen molar-refractivity contribution in [3.63, 3.8) is 0 Å². The molecule has 1 aliphatic rings. The molecule has 0 saturated carbocycles. The number of nitrogens with one attached hydrogen (secondary N) is 2. The minimum Gasteiger partial charge on any atom is -0.330 e. The largest absolute Gasteiger partial charge is 0.330 e. The third-order valence-electron chi connectivity index (χ3n) is 3.11. The van der Waals surface area contributed by atoms with Gasteiger partial charge in [0.05, 0.1) is 0 Å². The third kappa shape index (κ3) is 2.48. The molecule has 1 amide bonds. The predicted molar refractivity (Wildman–Crippen MR) is 68.8 cm³/mol. The first-order valence-corrected chi connectivity index (χ1v) is 6.08. The van der Waals surface area contributed by atoms with Crippen molar-refractivity contribution >= 4 is 11.6 Å². The maximum atomic E-state index is 11.8. The lowest BCUT2D eigenvalue weighted by atomic mass is 10.1. The Balaban J connectivity index is 2.05. The van der Waals surface area contributed by atoms with Gasteiger partial charge in [0.1, 0.15) is 6.04 Å². The van der Waals surface area contributed by atoms with E-state index in [2.05, 4.69) is 10.6 Å². The summed E-state index contributed by atoms with van der Waals surface area (Å²) in [7, 11) is 0. The van der Waals surface area contributed by atoms with Crippen LogP contribution in [0.4, 0.5) is 5.69 Å². The van der Waals surface area contributed by atoms with Crippen LogP contribution in [0, 0.1) is 6.92 Å². The number of para-hydroxylation sites is 1. The maximum absolute atomic E-state index is 11.8.